The second-order valence-electron chi connectivity index (χ2n) is 3.04. The number of aromatic nitrogens is 2. The molecule has 0 aliphatic rings. The average molecular weight is 182 g/mol. The Kier molecular flexibility index (Phi) is 3.19. The van der Waals surface area contributed by atoms with Crippen LogP contribution in [0.4, 0.5) is 0 Å². The number of aldehydes is 1. The van der Waals surface area contributed by atoms with Crippen molar-refractivity contribution in [1.29, 1.82) is 0 Å². The summed E-state index contributed by atoms with van der Waals surface area (Å²) in [4.78, 5) is 10.6. The minimum atomic E-state index is 0.106. The number of methoxy groups -OCH3 is 1. The van der Waals surface area contributed by atoms with E-state index in [0.29, 0.717) is 12.0 Å². The maximum absolute atomic E-state index is 10.6. The number of nitrogens with zero attached hydrogens (tertiary/aromatic N) is 2. The fourth-order valence-corrected chi connectivity index (χ4v) is 1.18. The summed E-state index contributed by atoms with van der Waals surface area (Å²) >= 11 is 0. The molecule has 0 bridgehead atoms. The minimum Gasteiger partial charge on any atom is -0.381 e. The van der Waals surface area contributed by atoms with Gasteiger partial charge in [0.15, 0.2) is 6.29 Å². The lowest BCUT2D eigenvalue weighted by Gasteiger charge is -2.09. The summed E-state index contributed by atoms with van der Waals surface area (Å²) in [6, 6.07) is 0. The van der Waals surface area contributed by atoms with Gasteiger partial charge in [-0.1, -0.05) is 0 Å². The van der Waals surface area contributed by atoms with Crippen molar-refractivity contribution < 1.29 is 9.53 Å². The van der Waals surface area contributed by atoms with Crippen molar-refractivity contribution in [3.8, 4) is 0 Å². The number of carbonyl (C=O) groups is 1. The number of ether oxygens (including phenoxy) is 1. The highest BCUT2D eigenvalue weighted by atomic mass is 16.5. The third kappa shape index (κ3) is 2.15. The zero-order chi connectivity index (χ0) is 9.84. The largest absolute Gasteiger partial charge is 0.381 e. The molecule has 4 nitrogen and oxygen atoms in total. The molecular weight excluding hydrogens is 168 g/mol. The number of aryl methyl sites for hydroxylation is 1. The molecule has 0 spiro atoms. The minimum absolute atomic E-state index is 0.106. The Morgan fingerprint density at radius 3 is 3.00 bits per heavy atom. The van der Waals surface area contributed by atoms with Gasteiger partial charge in [-0.15, -0.1) is 0 Å². The molecule has 0 fully saturated rings. The summed E-state index contributed by atoms with van der Waals surface area (Å²) < 4.78 is 6.83. The topological polar surface area (TPSA) is 44.1 Å². The molecule has 1 aromatic rings. The predicted molar refractivity (Wildman–Crippen MR) is 48.8 cm³/mol. The molecule has 1 atom stereocenters. The fourth-order valence-electron chi connectivity index (χ4n) is 1.18. The van der Waals surface area contributed by atoms with E-state index in [-0.39, 0.29) is 6.10 Å². The van der Waals surface area contributed by atoms with Gasteiger partial charge in [-0.05, 0) is 6.92 Å². The zero-order valence-electron chi connectivity index (χ0n) is 8.15. The quantitative estimate of drug-likeness (QED) is 0.647. The Balaban J connectivity index is 2.85. The summed E-state index contributed by atoms with van der Waals surface area (Å²) in [6.45, 7) is 1.96. The average Bonchev–Trinajstić information content (AvgIpc) is 2.48. The van der Waals surface area contributed by atoms with Gasteiger partial charge in [0.25, 0.3) is 0 Å². The first-order valence-electron chi connectivity index (χ1n) is 4.18. The molecule has 0 radical (unpaired) electrons. The van der Waals surface area contributed by atoms with E-state index >= 15 is 0 Å². The molecule has 0 saturated heterocycles. The van der Waals surface area contributed by atoms with Crippen LogP contribution in [0, 0.1) is 0 Å². The van der Waals surface area contributed by atoms with E-state index in [1.807, 2.05) is 14.0 Å². The van der Waals surface area contributed by atoms with Crippen LogP contribution in [0.1, 0.15) is 23.0 Å². The smallest absolute Gasteiger partial charge is 0.153 e. The molecule has 0 amide bonds. The summed E-state index contributed by atoms with van der Waals surface area (Å²) in [5.74, 6) is 0. The van der Waals surface area contributed by atoms with Crippen LogP contribution in [0.25, 0.3) is 0 Å². The number of rotatable bonds is 4. The summed E-state index contributed by atoms with van der Waals surface area (Å²) in [7, 11) is 3.48. The lowest BCUT2D eigenvalue weighted by molar-refractivity contribution is 0.111. The first-order valence-corrected chi connectivity index (χ1v) is 4.18. The Labute approximate surface area is 77.5 Å². The van der Waals surface area contributed by atoms with Gasteiger partial charge in [-0.2, -0.15) is 5.10 Å². The van der Waals surface area contributed by atoms with Crippen molar-refractivity contribution >= 4 is 6.29 Å². The van der Waals surface area contributed by atoms with Crippen LogP contribution in [0.3, 0.4) is 0 Å². The first kappa shape index (κ1) is 9.92. The summed E-state index contributed by atoms with van der Waals surface area (Å²) in [5.41, 5.74) is 1.57. The second-order valence-corrected chi connectivity index (χ2v) is 3.04. The fraction of sp³-hybridized carbons (Fsp3) is 0.556. The predicted octanol–water partition coefficient (Wildman–Crippen LogP) is 0.810. The van der Waals surface area contributed by atoms with Gasteiger partial charge < -0.3 is 4.74 Å². The Morgan fingerprint density at radius 1 is 1.77 bits per heavy atom. The monoisotopic (exact) mass is 182 g/mol. The van der Waals surface area contributed by atoms with E-state index in [4.69, 9.17) is 4.74 Å². The molecule has 0 saturated carbocycles. The lowest BCUT2D eigenvalue weighted by atomic mass is 10.1. The SMILES string of the molecule is COC(C)Cc1c(C=O)cnn1C. The molecule has 1 unspecified atom stereocenters. The molecule has 1 aromatic heterocycles. The van der Waals surface area contributed by atoms with Crippen LogP contribution in [0.2, 0.25) is 0 Å². The Hall–Kier alpha value is -1.16. The highest BCUT2D eigenvalue weighted by Gasteiger charge is 2.10. The van der Waals surface area contributed by atoms with Crippen LogP contribution >= 0.6 is 0 Å². The molecule has 4 heteroatoms. The third-order valence-electron chi connectivity index (χ3n) is 2.10. The van der Waals surface area contributed by atoms with Crippen LogP contribution in [-0.2, 0) is 18.2 Å². The van der Waals surface area contributed by atoms with Gasteiger partial charge in [0.05, 0.1) is 23.6 Å². The highest BCUT2D eigenvalue weighted by Crippen LogP contribution is 2.08. The zero-order valence-corrected chi connectivity index (χ0v) is 8.15. The molecule has 13 heavy (non-hydrogen) atoms. The van der Waals surface area contributed by atoms with Gasteiger partial charge in [0.1, 0.15) is 0 Å². The van der Waals surface area contributed by atoms with Gasteiger partial charge in [-0.3, -0.25) is 9.48 Å². The summed E-state index contributed by atoms with van der Waals surface area (Å²) in [6.07, 6.45) is 3.21. The third-order valence-corrected chi connectivity index (χ3v) is 2.10. The highest BCUT2D eigenvalue weighted by molar-refractivity contribution is 5.76. The van der Waals surface area contributed by atoms with E-state index in [9.17, 15) is 4.79 Å². The molecule has 72 valence electrons. The molecule has 0 N–H and O–H groups in total. The van der Waals surface area contributed by atoms with E-state index in [1.54, 1.807) is 18.0 Å². The van der Waals surface area contributed by atoms with Crippen molar-refractivity contribution in [1.82, 2.24) is 9.78 Å². The van der Waals surface area contributed by atoms with E-state index in [0.717, 1.165) is 12.0 Å². The van der Waals surface area contributed by atoms with E-state index < -0.39 is 0 Å². The van der Waals surface area contributed by atoms with Crippen molar-refractivity contribution in [2.45, 2.75) is 19.4 Å². The van der Waals surface area contributed by atoms with Gasteiger partial charge >= 0.3 is 0 Å². The Morgan fingerprint density at radius 2 is 2.46 bits per heavy atom. The maximum Gasteiger partial charge on any atom is 0.153 e. The van der Waals surface area contributed by atoms with Crippen LogP contribution < -0.4 is 0 Å². The number of hydrogen-bond acceptors (Lipinski definition) is 3. The molecule has 0 aliphatic heterocycles. The summed E-state index contributed by atoms with van der Waals surface area (Å²) in [5, 5.41) is 4.00. The van der Waals surface area contributed by atoms with Crippen molar-refractivity contribution in [2.24, 2.45) is 7.05 Å². The molecule has 0 aromatic carbocycles. The van der Waals surface area contributed by atoms with Crippen LogP contribution in [-0.4, -0.2) is 29.3 Å². The van der Waals surface area contributed by atoms with Gasteiger partial charge in [0, 0.05) is 20.6 Å². The van der Waals surface area contributed by atoms with Crippen molar-refractivity contribution in [3.63, 3.8) is 0 Å². The normalized spacial score (nSPS) is 12.8. The number of hydrogen-bond donors (Lipinski definition) is 0. The van der Waals surface area contributed by atoms with E-state index in [1.165, 1.54) is 0 Å². The maximum atomic E-state index is 10.6. The lowest BCUT2D eigenvalue weighted by Crippen LogP contribution is -2.13. The standard InChI is InChI=1S/C9H14N2O2/c1-7(13-3)4-9-8(6-12)5-10-11(9)2/h5-7H,4H2,1-3H3. The van der Waals surface area contributed by atoms with Crippen LogP contribution in [0.15, 0.2) is 6.20 Å². The van der Waals surface area contributed by atoms with Crippen LogP contribution in [0.5, 0.6) is 0 Å². The molecule has 1 rings (SSSR count). The van der Waals surface area contributed by atoms with Gasteiger partial charge in [-0.25, -0.2) is 0 Å². The molecule has 1 heterocycles. The van der Waals surface area contributed by atoms with Crippen molar-refractivity contribution in [2.75, 3.05) is 7.11 Å². The second kappa shape index (κ2) is 4.18. The first-order chi connectivity index (χ1) is 6.19. The number of carbonyl (C=O) groups excluding carboxylic acids is 1. The van der Waals surface area contributed by atoms with E-state index in [2.05, 4.69) is 5.10 Å². The Bertz CT molecular complexity index is 294. The van der Waals surface area contributed by atoms with Crippen molar-refractivity contribution in [3.05, 3.63) is 17.5 Å². The van der Waals surface area contributed by atoms with Gasteiger partial charge in [0.2, 0.25) is 0 Å². The molecular formula is C9H14N2O2. The molecule has 0 aliphatic carbocycles.